The first-order valence-corrected chi connectivity index (χ1v) is 10.1. The van der Waals surface area contributed by atoms with Crippen LogP contribution in [0.25, 0.3) is 0 Å². The van der Waals surface area contributed by atoms with Crippen molar-refractivity contribution in [3.8, 4) is 5.88 Å². The maximum atomic E-state index is 13.1. The second-order valence-electron chi connectivity index (χ2n) is 7.86. The van der Waals surface area contributed by atoms with Gasteiger partial charge in [0.25, 0.3) is 17.7 Å². The highest BCUT2D eigenvalue weighted by Gasteiger charge is 2.34. The minimum Gasteiger partial charge on any atom is -0.471 e. The van der Waals surface area contributed by atoms with Crippen molar-refractivity contribution in [1.82, 2.24) is 19.9 Å². The van der Waals surface area contributed by atoms with Gasteiger partial charge >= 0.3 is 0 Å². The number of halogens is 2. The van der Waals surface area contributed by atoms with Crippen LogP contribution in [-0.2, 0) is 6.54 Å². The van der Waals surface area contributed by atoms with E-state index in [0.717, 1.165) is 13.3 Å². The summed E-state index contributed by atoms with van der Waals surface area (Å²) in [4.78, 5) is 39.1. The minimum atomic E-state index is -2.97. The van der Waals surface area contributed by atoms with Gasteiger partial charge in [-0.3, -0.25) is 9.59 Å². The summed E-state index contributed by atoms with van der Waals surface area (Å²) in [7, 11) is 0. The number of nitrogens with one attached hydrogen (secondary N) is 1. The van der Waals surface area contributed by atoms with Gasteiger partial charge in [0.15, 0.2) is 13.0 Å². The average Bonchev–Trinajstić information content (AvgIpc) is 3.41. The van der Waals surface area contributed by atoms with Crippen molar-refractivity contribution in [3.05, 3.63) is 65.1 Å². The van der Waals surface area contributed by atoms with Crippen molar-refractivity contribution in [2.75, 3.05) is 11.9 Å². The van der Waals surface area contributed by atoms with Gasteiger partial charge in [-0.15, -0.1) is 0 Å². The van der Waals surface area contributed by atoms with Gasteiger partial charge in [-0.05, 0) is 31.5 Å². The molecular weight excluding hydrogens is 436 g/mol. The maximum Gasteiger partial charge on any atom is 0.294 e. The zero-order valence-corrected chi connectivity index (χ0v) is 18.1. The number of hydrogen-bond acceptors (Lipinski definition) is 7. The molecule has 0 aromatic carbocycles. The number of ether oxygens (including phenoxy) is 1. The fourth-order valence-corrected chi connectivity index (χ4v) is 3.51. The van der Waals surface area contributed by atoms with Crippen molar-refractivity contribution in [2.24, 2.45) is 0 Å². The third-order valence-electron chi connectivity index (χ3n) is 5.23. The maximum absolute atomic E-state index is 13.1. The van der Waals surface area contributed by atoms with Crippen LogP contribution in [0.5, 0.6) is 5.88 Å². The van der Waals surface area contributed by atoms with Crippen LogP contribution >= 0.6 is 0 Å². The Morgan fingerprint density at radius 3 is 2.82 bits per heavy atom. The number of alkyl halides is 2. The molecule has 0 bridgehead atoms. The number of carbonyl (C=O) groups is 2. The van der Waals surface area contributed by atoms with Gasteiger partial charge in [0.2, 0.25) is 11.6 Å². The molecule has 0 saturated carbocycles. The van der Waals surface area contributed by atoms with Crippen LogP contribution in [0.2, 0.25) is 0 Å². The molecule has 4 rings (SSSR count). The molecule has 3 aromatic heterocycles. The Balaban J connectivity index is 1.52. The molecule has 0 spiro atoms. The zero-order valence-electron chi connectivity index (χ0n) is 18.1. The monoisotopic (exact) mass is 457 g/mol. The molecule has 172 valence electrons. The predicted octanol–water partition coefficient (Wildman–Crippen LogP) is 3.78. The number of nitrogens with zero attached hydrogens (tertiary/aromatic N) is 4. The largest absolute Gasteiger partial charge is 0.471 e. The Morgan fingerprint density at radius 2 is 2.15 bits per heavy atom. The van der Waals surface area contributed by atoms with Crippen molar-refractivity contribution in [2.45, 2.75) is 39.3 Å². The molecule has 1 aliphatic rings. The number of rotatable bonds is 7. The lowest BCUT2D eigenvalue weighted by Gasteiger charge is -2.25. The van der Waals surface area contributed by atoms with Gasteiger partial charge < -0.3 is 19.4 Å². The molecule has 1 N–H and O–H groups in total. The molecule has 0 fully saturated rings. The summed E-state index contributed by atoms with van der Waals surface area (Å²) in [5.74, 6) is -3.32. The van der Waals surface area contributed by atoms with E-state index in [9.17, 15) is 18.4 Å². The van der Waals surface area contributed by atoms with Gasteiger partial charge in [-0.1, -0.05) is 0 Å². The Hall–Kier alpha value is -3.89. The highest BCUT2D eigenvalue weighted by Crippen LogP contribution is 2.34. The van der Waals surface area contributed by atoms with E-state index in [4.69, 9.17) is 9.15 Å². The second-order valence-corrected chi connectivity index (χ2v) is 7.86. The number of aryl methyl sites for hydroxylation is 1. The molecule has 11 heteroatoms. The van der Waals surface area contributed by atoms with E-state index in [1.807, 2.05) is 6.92 Å². The molecule has 9 nitrogen and oxygen atoms in total. The lowest BCUT2D eigenvalue weighted by Crippen LogP contribution is -2.27. The van der Waals surface area contributed by atoms with Gasteiger partial charge in [-0.2, -0.15) is 0 Å². The van der Waals surface area contributed by atoms with E-state index in [-0.39, 0.29) is 36.0 Å². The molecule has 4 heterocycles. The smallest absolute Gasteiger partial charge is 0.294 e. The molecule has 1 unspecified atom stereocenters. The Labute approximate surface area is 187 Å². The Morgan fingerprint density at radius 1 is 1.36 bits per heavy atom. The fourth-order valence-electron chi connectivity index (χ4n) is 3.51. The molecule has 33 heavy (non-hydrogen) atoms. The summed E-state index contributed by atoms with van der Waals surface area (Å²) in [6.07, 6.45) is 5.37. The third-order valence-corrected chi connectivity index (χ3v) is 5.23. The number of carbonyl (C=O) groups excluding carboxylic acids is 2. The number of amides is 2. The predicted molar refractivity (Wildman–Crippen MR) is 112 cm³/mol. The minimum absolute atomic E-state index is 0.0219. The number of oxazole rings is 1. The summed E-state index contributed by atoms with van der Waals surface area (Å²) in [5.41, 5.74) is 2.30. The van der Waals surface area contributed by atoms with Crippen molar-refractivity contribution in [1.29, 1.82) is 0 Å². The van der Waals surface area contributed by atoms with Gasteiger partial charge in [0, 0.05) is 36.0 Å². The van der Waals surface area contributed by atoms with E-state index < -0.39 is 18.4 Å². The molecule has 1 atom stereocenters. The summed E-state index contributed by atoms with van der Waals surface area (Å²) in [6, 6.07) is 2.97. The average molecular weight is 457 g/mol. The number of hydrogen-bond donors (Lipinski definition) is 1. The van der Waals surface area contributed by atoms with E-state index in [1.54, 1.807) is 24.0 Å². The summed E-state index contributed by atoms with van der Waals surface area (Å²) in [6.45, 7) is 3.75. The fraction of sp³-hybridized carbons (Fsp3) is 0.318. The highest BCUT2D eigenvalue weighted by atomic mass is 19.3. The number of anilines is 1. The van der Waals surface area contributed by atoms with Crippen molar-refractivity contribution < 1.29 is 27.5 Å². The second kappa shape index (κ2) is 8.57. The highest BCUT2D eigenvalue weighted by molar-refractivity contribution is 6.05. The Bertz CT molecular complexity index is 1190. The molecule has 2 amide bonds. The molecule has 0 aliphatic carbocycles. The number of aromatic nitrogens is 3. The molecular formula is C22H21F2N5O4. The van der Waals surface area contributed by atoms with Crippen LogP contribution in [-0.4, -0.2) is 44.2 Å². The van der Waals surface area contributed by atoms with Crippen molar-refractivity contribution in [3.63, 3.8) is 0 Å². The first kappa shape index (κ1) is 22.3. The normalized spacial score (nSPS) is 14.2. The van der Waals surface area contributed by atoms with Crippen LogP contribution in [0, 0.1) is 6.92 Å². The molecule has 3 aromatic rings. The first-order chi connectivity index (χ1) is 15.6. The third kappa shape index (κ3) is 4.66. The van der Waals surface area contributed by atoms with Crippen LogP contribution < -0.4 is 10.1 Å². The SMILES string of the molecule is Cc1cc(C(C)N2Cc3c(ccnc3NC(=O)c3cnco3)C2=O)cnc1OCC(C)(F)F. The standard InChI is InChI=1S/C22H21F2N5O4/c1-12-6-14(7-27-20(12)32-10-22(3,23)24)13(2)29-9-16-15(21(29)31)4-5-26-18(16)28-19(30)17-8-25-11-33-17/h4-8,11,13H,9-10H2,1-3H3,(H,26,28,30). The quantitative estimate of drug-likeness (QED) is 0.575. The summed E-state index contributed by atoms with van der Waals surface area (Å²) >= 11 is 0. The van der Waals surface area contributed by atoms with Gasteiger partial charge in [0.1, 0.15) is 5.82 Å². The number of pyridine rings is 2. The van der Waals surface area contributed by atoms with Crippen LogP contribution in [0.15, 0.2) is 41.5 Å². The summed E-state index contributed by atoms with van der Waals surface area (Å²) < 4.78 is 36.3. The van der Waals surface area contributed by atoms with E-state index >= 15 is 0 Å². The number of fused-ring (bicyclic) bond motifs is 1. The molecule has 0 radical (unpaired) electrons. The van der Waals surface area contributed by atoms with Gasteiger partial charge in [0.05, 0.1) is 18.8 Å². The van der Waals surface area contributed by atoms with Crippen LogP contribution in [0.3, 0.4) is 0 Å². The van der Waals surface area contributed by atoms with E-state index in [2.05, 4.69) is 20.3 Å². The van der Waals surface area contributed by atoms with Gasteiger partial charge in [-0.25, -0.2) is 23.7 Å². The lowest BCUT2D eigenvalue weighted by atomic mass is 10.1. The van der Waals surface area contributed by atoms with E-state index in [0.29, 0.717) is 22.3 Å². The zero-order chi connectivity index (χ0) is 23.8. The molecule has 1 aliphatic heterocycles. The lowest BCUT2D eigenvalue weighted by molar-refractivity contribution is -0.0244. The van der Waals surface area contributed by atoms with Crippen molar-refractivity contribution >= 4 is 17.6 Å². The topological polar surface area (TPSA) is 110 Å². The first-order valence-electron chi connectivity index (χ1n) is 10.1. The Kier molecular flexibility index (Phi) is 5.79. The van der Waals surface area contributed by atoms with Crippen LogP contribution in [0.1, 0.15) is 57.5 Å². The summed E-state index contributed by atoms with van der Waals surface area (Å²) in [5, 5.41) is 2.65. The van der Waals surface area contributed by atoms with E-state index in [1.165, 1.54) is 18.6 Å². The molecule has 0 saturated heterocycles. The van der Waals surface area contributed by atoms with Crippen LogP contribution in [0.4, 0.5) is 14.6 Å².